The van der Waals surface area contributed by atoms with Crippen molar-refractivity contribution >= 4 is 33.2 Å². The SMILES string of the molecule is CCN(CC)Cc1cc(COCCCCCCCl)cc(Br)c1N. The number of unbranched alkanes of at least 4 members (excludes halogenated alkanes) is 3. The monoisotopic (exact) mass is 404 g/mol. The number of halogens is 2. The van der Waals surface area contributed by atoms with E-state index in [4.69, 9.17) is 22.1 Å². The summed E-state index contributed by atoms with van der Waals surface area (Å²) < 4.78 is 6.76. The first-order chi connectivity index (χ1) is 11.1. The molecule has 5 heteroatoms. The summed E-state index contributed by atoms with van der Waals surface area (Å²) in [6.07, 6.45) is 4.57. The molecule has 0 saturated heterocycles. The van der Waals surface area contributed by atoms with Crippen LogP contribution < -0.4 is 5.73 Å². The van der Waals surface area contributed by atoms with E-state index in [1.165, 1.54) is 24.0 Å². The van der Waals surface area contributed by atoms with Gasteiger partial charge in [-0.15, -0.1) is 11.6 Å². The number of anilines is 1. The molecule has 0 atom stereocenters. The van der Waals surface area contributed by atoms with Crippen LogP contribution in [0.25, 0.3) is 0 Å². The Labute approximate surface area is 154 Å². The molecule has 132 valence electrons. The van der Waals surface area contributed by atoms with Gasteiger partial charge in [-0.3, -0.25) is 4.90 Å². The second kappa shape index (κ2) is 12.1. The third-order valence-electron chi connectivity index (χ3n) is 4.00. The van der Waals surface area contributed by atoms with Crippen LogP contribution in [0.1, 0.15) is 50.7 Å². The van der Waals surface area contributed by atoms with Crippen molar-refractivity contribution in [3.8, 4) is 0 Å². The smallest absolute Gasteiger partial charge is 0.0717 e. The highest BCUT2D eigenvalue weighted by Crippen LogP contribution is 2.27. The van der Waals surface area contributed by atoms with E-state index >= 15 is 0 Å². The molecule has 1 aromatic rings. The number of nitrogens with zero attached hydrogens (tertiary/aromatic N) is 1. The van der Waals surface area contributed by atoms with E-state index in [0.29, 0.717) is 6.61 Å². The van der Waals surface area contributed by atoms with E-state index in [0.717, 1.165) is 55.1 Å². The average Bonchev–Trinajstić information content (AvgIpc) is 2.55. The predicted molar refractivity (Wildman–Crippen MR) is 104 cm³/mol. The minimum atomic E-state index is 0.639. The van der Waals surface area contributed by atoms with Gasteiger partial charge < -0.3 is 10.5 Å². The van der Waals surface area contributed by atoms with Gasteiger partial charge in [0.05, 0.1) is 12.3 Å². The molecule has 0 aliphatic rings. The number of rotatable bonds is 12. The van der Waals surface area contributed by atoms with Crippen LogP contribution in [0.2, 0.25) is 0 Å². The molecule has 0 saturated carbocycles. The molecule has 0 radical (unpaired) electrons. The first-order valence-corrected chi connectivity index (χ1v) is 9.87. The predicted octanol–water partition coefficient (Wildman–Crippen LogP) is 5.19. The Hall–Kier alpha value is -0.290. The zero-order chi connectivity index (χ0) is 17.1. The number of nitrogen functional groups attached to an aromatic ring is 1. The number of hydrogen-bond donors (Lipinski definition) is 1. The lowest BCUT2D eigenvalue weighted by Gasteiger charge is -2.20. The first kappa shape index (κ1) is 20.8. The van der Waals surface area contributed by atoms with Crippen LogP contribution in [0.4, 0.5) is 5.69 Å². The lowest BCUT2D eigenvalue weighted by molar-refractivity contribution is 0.116. The number of nitrogens with two attached hydrogens (primary N) is 1. The number of ether oxygens (including phenoxy) is 1. The molecule has 0 fully saturated rings. The topological polar surface area (TPSA) is 38.5 Å². The normalized spacial score (nSPS) is 11.3. The van der Waals surface area contributed by atoms with Crippen LogP contribution in [0, 0.1) is 0 Å². The highest BCUT2D eigenvalue weighted by Gasteiger charge is 2.09. The largest absolute Gasteiger partial charge is 0.398 e. The molecular weight excluding hydrogens is 376 g/mol. The lowest BCUT2D eigenvalue weighted by atomic mass is 10.1. The fraction of sp³-hybridized carbons (Fsp3) is 0.667. The van der Waals surface area contributed by atoms with Crippen LogP contribution in [0.15, 0.2) is 16.6 Å². The summed E-state index contributed by atoms with van der Waals surface area (Å²) >= 11 is 9.24. The molecule has 0 amide bonds. The molecule has 1 aromatic carbocycles. The summed E-state index contributed by atoms with van der Waals surface area (Å²) in [5, 5.41) is 0. The molecule has 1 rings (SSSR count). The number of alkyl halides is 1. The number of hydrogen-bond acceptors (Lipinski definition) is 3. The summed E-state index contributed by atoms with van der Waals surface area (Å²) in [4.78, 5) is 2.36. The average molecular weight is 406 g/mol. The second-order valence-electron chi connectivity index (χ2n) is 5.77. The Kier molecular flexibility index (Phi) is 10.9. The maximum absolute atomic E-state index is 6.21. The molecule has 0 aromatic heterocycles. The van der Waals surface area contributed by atoms with Gasteiger partial charge in [0.2, 0.25) is 0 Å². The highest BCUT2D eigenvalue weighted by molar-refractivity contribution is 9.10. The zero-order valence-electron chi connectivity index (χ0n) is 14.4. The molecule has 0 aliphatic carbocycles. The molecule has 0 heterocycles. The van der Waals surface area contributed by atoms with Crippen molar-refractivity contribution in [3.63, 3.8) is 0 Å². The van der Waals surface area contributed by atoms with E-state index in [2.05, 4.69) is 46.8 Å². The third-order valence-corrected chi connectivity index (χ3v) is 4.93. The molecule has 3 nitrogen and oxygen atoms in total. The molecule has 0 spiro atoms. The molecule has 0 aliphatic heterocycles. The van der Waals surface area contributed by atoms with Crippen molar-refractivity contribution in [2.45, 2.75) is 52.7 Å². The van der Waals surface area contributed by atoms with Gasteiger partial charge in [0.25, 0.3) is 0 Å². The van der Waals surface area contributed by atoms with Crippen molar-refractivity contribution in [1.82, 2.24) is 4.90 Å². The number of benzene rings is 1. The minimum absolute atomic E-state index is 0.639. The Morgan fingerprint density at radius 2 is 1.83 bits per heavy atom. The van der Waals surface area contributed by atoms with Gasteiger partial charge in [0.1, 0.15) is 0 Å². The van der Waals surface area contributed by atoms with Crippen LogP contribution in [0.5, 0.6) is 0 Å². The standard InChI is InChI=1S/C18H30BrClN2O/c1-3-22(4-2)13-16-11-15(12-17(19)18(16)21)14-23-10-8-6-5-7-9-20/h11-12H,3-10,13-14,21H2,1-2H3. The molecule has 23 heavy (non-hydrogen) atoms. The van der Waals surface area contributed by atoms with Gasteiger partial charge in [-0.1, -0.05) is 32.8 Å². The second-order valence-corrected chi connectivity index (χ2v) is 7.00. The van der Waals surface area contributed by atoms with Crippen LogP contribution >= 0.6 is 27.5 Å². The summed E-state index contributed by atoms with van der Waals surface area (Å²) in [6.45, 7) is 8.71. The van der Waals surface area contributed by atoms with Crippen molar-refractivity contribution in [3.05, 3.63) is 27.7 Å². The summed E-state index contributed by atoms with van der Waals surface area (Å²) in [5.41, 5.74) is 9.39. The Balaban J connectivity index is 2.51. The van der Waals surface area contributed by atoms with Gasteiger partial charge in [-0.25, -0.2) is 0 Å². The van der Waals surface area contributed by atoms with Gasteiger partial charge in [-0.05, 0) is 59.1 Å². The summed E-state index contributed by atoms with van der Waals surface area (Å²) in [6, 6.07) is 4.24. The molecule has 0 unspecified atom stereocenters. The van der Waals surface area contributed by atoms with Crippen LogP contribution in [-0.4, -0.2) is 30.5 Å². The van der Waals surface area contributed by atoms with E-state index in [-0.39, 0.29) is 0 Å². The van der Waals surface area contributed by atoms with Gasteiger partial charge in [-0.2, -0.15) is 0 Å². The fourth-order valence-corrected chi connectivity index (χ4v) is 3.22. The first-order valence-electron chi connectivity index (χ1n) is 8.55. The Morgan fingerprint density at radius 3 is 2.48 bits per heavy atom. The maximum atomic E-state index is 6.21. The van der Waals surface area contributed by atoms with E-state index in [1.54, 1.807) is 0 Å². The highest BCUT2D eigenvalue weighted by atomic mass is 79.9. The fourth-order valence-electron chi connectivity index (χ4n) is 2.48. The molecule has 2 N–H and O–H groups in total. The van der Waals surface area contributed by atoms with Crippen LogP contribution in [-0.2, 0) is 17.9 Å². The Bertz CT molecular complexity index is 453. The Morgan fingerprint density at radius 1 is 1.13 bits per heavy atom. The van der Waals surface area contributed by atoms with Crippen molar-refractivity contribution in [2.75, 3.05) is 31.3 Å². The summed E-state index contributed by atoms with van der Waals surface area (Å²) in [7, 11) is 0. The minimum Gasteiger partial charge on any atom is -0.398 e. The van der Waals surface area contributed by atoms with Crippen molar-refractivity contribution in [2.24, 2.45) is 0 Å². The van der Waals surface area contributed by atoms with Gasteiger partial charge in [0, 0.05) is 23.5 Å². The molecular formula is C18H30BrClN2O. The quantitative estimate of drug-likeness (QED) is 0.295. The third kappa shape index (κ3) is 7.88. The zero-order valence-corrected chi connectivity index (χ0v) is 16.8. The summed E-state index contributed by atoms with van der Waals surface area (Å²) in [5.74, 6) is 0.760. The van der Waals surface area contributed by atoms with E-state index < -0.39 is 0 Å². The lowest BCUT2D eigenvalue weighted by Crippen LogP contribution is -2.23. The van der Waals surface area contributed by atoms with Gasteiger partial charge in [0.15, 0.2) is 0 Å². The van der Waals surface area contributed by atoms with E-state index in [9.17, 15) is 0 Å². The van der Waals surface area contributed by atoms with Crippen molar-refractivity contribution in [1.29, 1.82) is 0 Å². The maximum Gasteiger partial charge on any atom is 0.0717 e. The van der Waals surface area contributed by atoms with Gasteiger partial charge >= 0.3 is 0 Å². The van der Waals surface area contributed by atoms with Crippen molar-refractivity contribution < 1.29 is 4.74 Å². The molecule has 0 bridgehead atoms. The van der Waals surface area contributed by atoms with Crippen LogP contribution in [0.3, 0.4) is 0 Å². The van der Waals surface area contributed by atoms with E-state index in [1.807, 2.05) is 0 Å².